The number of thioether (sulfide) groups is 1. The zero-order valence-electron chi connectivity index (χ0n) is 10.2. The van der Waals surface area contributed by atoms with Gasteiger partial charge in [0.2, 0.25) is 0 Å². The van der Waals surface area contributed by atoms with Crippen LogP contribution in [-0.4, -0.2) is 17.5 Å². The summed E-state index contributed by atoms with van der Waals surface area (Å²) in [5.41, 5.74) is 0. The molecule has 1 aliphatic carbocycles. The molecule has 3 rings (SSSR count). The average molecular weight is 267 g/mol. The Morgan fingerprint density at radius 3 is 2.76 bits per heavy atom. The molecule has 0 radical (unpaired) electrons. The summed E-state index contributed by atoms with van der Waals surface area (Å²) < 4.78 is 0. The second-order valence-electron chi connectivity index (χ2n) is 5.26. The highest BCUT2D eigenvalue weighted by atomic mass is 32.2. The molecular weight excluding hydrogens is 246 g/mol. The van der Waals surface area contributed by atoms with Gasteiger partial charge in [-0.05, 0) is 42.4 Å². The van der Waals surface area contributed by atoms with Crippen LogP contribution in [0.15, 0.2) is 17.5 Å². The van der Waals surface area contributed by atoms with Gasteiger partial charge < -0.3 is 5.32 Å². The van der Waals surface area contributed by atoms with Gasteiger partial charge in [-0.25, -0.2) is 0 Å². The van der Waals surface area contributed by atoms with Gasteiger partial charge in [-0.15, -0.1) is 11.3 Å². The molecule has 1 saturated carbocycles. The summed E-state index contributed by atoms with van der Waals surface area (Å²) in [6.07, 6.45) is 7.09. The van der Waals surface area contributed by atoms with Crippen molar-refractivity contribution in [3.05, 3.63) is 22.4 Å². The molecule has 1 saturated heterocycles. The van der Waals surface area contributed by atoms with Gasteiger partial charge in [-0.3, -0.25) is 0 Å². The smallest absolute Gasteiger partial charge is 0.0445 e. The van der Waals surface area contributed by atoms with Crippen molar-refractivity contribution in [2.24, 2.45) is 5.92 Å². The standard InChI is InChI=1S/C14H21NS2/c1-2-5-11(4-1)14(13-6-3-8-17-13)15-12-7-9-16-10-12/h3,6,8,11-12,14-15H,1-2,4-5,7,9-10H2. The molecule has 2 atom stereocenters. The second kappa shape index (κ2) is 5.77. The summed E-state index contributed by atoms with van der Waals surface area (Å²) in [6, 6.07) is 5.92. The van der Waals surface area contributed by atoms with Gasteiger partial charge in [0.05, 0.1) is 0 Å². The maximum atomic E-state index is 3.95. The maximum Gasteiger partial charge on any atom is 0.0445 e. The highest BCUT2D eigenvalue weighted by molar-refractivity contribution is 7.99. The molecule has 2 unspecified atom stereocenters. The SMILES string of the molecule is c1csc(C(NC2CCSC2)C2CCCC2)c1. The van der Waals surface area contributed by atoms with Gasteiger partial charge in [-0.1, -0.05) is 18.9 Å². The summed E-state index contributed by atoms with van der Waals surface area (Å²) >= 11 is 4.04. The quantitative estimate of drug-likeness (QED) is 0.882. The number of thiophene rings is 1. The van der Waals surface area contributed by atoms with E-state index < -0.39 is 0 Å². The molecule has 1 nitrogen and oxygen atoms in total. The van der Waals surface area contributed by atoms with E-state index in [-0.39, 0.29) is 0 Å². The van der Waals surface area contributed by atoms with Crippen LogP contribution >= 0.6 is 23.1 Å². The van der Waals surface area contributed by atoms with E-state index in [4.69, 9.17) is 0 Å². The van der Waals surface area contributed by atoms with Gasteiger partial charge in [0, 0.05) is 22.7 Å². The molecule has 1 aromatic rings. The lowest BCUT2D eigenvalue weighted by Gasteiger charge is -2.27. The topological polar surface area (TPSA) is 12.0 Å². The third-order valence-electron chi connectivity index (χ3n) is 4.07. The molecule has 1 N–H and O–H groups in total. The van der Waals surface area contributed by atoms with Gasteiger partial charge in [0.15, 0.2) is 0 Å². The Morgan fingerprint density at radius 2 is 2.12 bits per heavy atom. The molecule has 94 valence electrons. The van der Waals surface area contributed by atoms with Crippen molar-refractivity contribution in [3.8, 4) is 0 Å². The Balaban J connectivity index is 1.70. The van der Waals surface area contributed by atoms with Crippen molar-refractivity contribution < 1.29 is 0 Å². The molecule has 0 aromatic carbocycles. The molecule has 2 aliphatic rings. The highest BCUT2D eigenvalue weighted by Gasteiger charge is 2.29. The molecular formula is C14H21NS2. The molecule has 0 amide bonds. The summed E-state index contributed by atoms with van der Waals surface area (Å²) in [7, 11) is 0. The first-order valence-corrected chi connectivity index (χ1v) is 8.84. The summed E-state index contributed by atoms with van der Waals surface area (Å²) in [4.78, 5) is 1.56. The van der Waals surface area contributed by atoms with Crippen molar-refractivity contribution in [3.63, 3.8) is 0 Å². The van der Waals surface area contributed by atoms with Crippen LogP contribution in [-0.2, 0) is 0 Å². The van der Waals surface area contributed by atoms with Crippen molar-refractivity contribution in [1.82, 2.24) is 5.32 Å². The molecule has 2 fully saturated rings. The largest absolute Gasteiger partial charge is 0.305 e. The molecule has 0 spiro atoms. The van der Waals surface area contributed by atoms with Crippen LogP contribution in [0.25, 0.3) is 0 Å². The van der Waals surface area contributed by atoms with Crippen LogP contribution in [0.4, 0.5) is 0 Å². The first-order chi connectivity index (χ1) is 8.43. The maximum absolute atomic E-state index is 3.95. The fourth-order valence-corrected chi connectivity index (χ4v) is 5.17. The number of rotatable bonds is 4. The minimum atomic E-state index is 0.640. The number of hydrogen-bond acceptors (Lipinski definition) is 3. The molecule has 3 heteroatoms. The lowest BCUT2D eigenvalue weighted by Crippen LogP contribution is -2.35. The molecule has 0 bridgehead atoms. The van der Waals surface area contributed by atoms with Crippen molar-refractivity contribution in [2.45, 2.75) is 44.2 Å². The van der Waals surface area contributed by atoms with E-state index in [1.165, 1.54) is 43.6 Å². The minimum Gasteiger partial charge on any atom is -0.305 e. The first kappa shape index (κ1) is 12.1. The lowest BCUT2D eigenvalue weighted by atomic mass is 9.95. The normalized spacial score (nSPS) is 27.6. The van der Waals surface area contributed by atoms with E-state index >= 15 is 0 Å². The van der Waals surface area contributed by atoms with Crippen LogP contribution in [0, 0.1) is 5.92 Å². The van der Waals surface area contributed by atoms with Crippen LogP contribution in [0.2, 0.25) is 0 Å². The second-order valence-corrected chi connectivity index (χ2v) is 7.39. The number of hydrogen-bond donors (Lipinski definition) is 1. The van der Waals surface area contributed by atoms with E-state index in [0.29, 0.717) is 6.04 Å². The van der Waals surface area contributed by atoms with Crippen molar-refractivity contribution in [1.29, 1.82) is 0 Å². The summed E-state index contributed by atoms with van der Waals surface area (Å²) in [5.74, 6) is 3.55. The van der Waals surface area contributed by atoms with E-state index in [9.17, 15) is 0 Å². The van der Waals surface area contributed by atoms with Gasteiger partial charge >= 0.3 is 0 Å². The average Bonchev–Trinajstić information content (AvgIpc) is 3.09. The van der Waals surface area contributed by atoms with Gasteiger partial charge in [-0.2, -0.15) is 11.8 Å². The highest BCUT2D eigenvalue weighted by Crippen LogP contribution is 2.38. The van der Waals surface area contributed by atoms with Gasteiger partial charge in [0.25, 0.3) is 0 Å². The third kappa shape index (κ3) is 2.88. The van der Waals surface area contributed by atoms with Crippen LogP contribution in [0.1, 0.15) is 43.0 Å². The Bertz CT molecular complexity index is 324. The van der Waals surface area contributed by atoms with E-state index in [1.807, 2.05) is 11.3 Å². The summed E-state index contributed by atoms with van der Waals surface area (Å²) in [6.45, 7) is 0. The van der Waals surface area contributed by atoms with E-state index in [1.54, 1.807) is 4.88 Å². The molecule has 17 heavy (non-hydrogen) atoms. The lowest BCUT2D eigenvalue weighted by molar-refractivity contribution is 0.342. The van der Waals surface area contributed by atoms with Gasteiger partial charge in [0.1, 0.15) is 0 Å². The summed E-state index contributed by atoms with van der Waals surface area (Å²) in [5, 5.41) is 6.17. The van der Waals surface area contributed by atoms with Crippen LogP contribution in [0.3, 0.4) is 0 Å². The minimum absolute atomic E-state index is 0.640. The molecule has 2 heterocycles. The first-order valence-electron chi connectivity index (χ1n) is 6.80. The zero-order valence-corrected chi connectivity index (χ0v) is 11.9. The van der Waals surface area contributed by atoms with E-state index in [0.717, 1.165) is 12.0 Å². The predicted molar refractivity (Wildman–Crippen MR) is 77.9 cm³/mol. The van der Waals surface area contributed by atoms with Crippen LogP contribution in [0.5, 0.6) is 0 Å². The Hall–Kier alpha value is 0.01000. The van der Waals surface area contributed by atoms with Crippen LogP contribution < -0.4 is 5.32 Å². The van der Waals surface area contributed by atoms with Crippen molar-refractivity contribution in [2.75, 3.05) is 11.5 Å². The van der Waals surface area contributed by atoms with Crippen molar-refractivity contribution >= 4 is 23.1 Å². The fraction of sp³-hybridized carbons (Fsp3) is 0.714. The molecule has 1 aliphatic heterocycles. The Labute approximate surface area is 112 Å². The third-order valence-corrected chi connectivity index (χ3v) is 6.18. The predicted octanol–water partition coefficient (Wildman–Crippen LogP) is 4.07. The molecule has 1 aromatic heterocycles. The zero-order chi connectivity index (χ0) is 11.5. The number of nitrogens with one attached hydrogen (secondary N) is 1. The fourth-order valence-electron chi connectivity index (χ4n) is 3.13. The monoisotopic (exact) mass is 267 g/mol. The van der Waals surface area contributed by atoms with E-state index in [2.05, 4.69) is 34.6 Å². The Morgan fingerprint density at radius 1 is 1.24 bits per heavy atom. The Kier molecular flexibility index (Phi) is 4.09.